The van der Waals surface area contributed by atoms with E-state index in [1.165, 1.54) is 75.6 Å². The summed E-state index contributed by atoms with van der Waals surface area (Å²) < 4.78 is 0. The third kappa shape index (κ3) is 2.74. The number of benzene rings is 2. The molecule has 4 unspecified atom stereocenters. The molecule has 0 amide bonds. The van der Waals surface area contributed by atoms with Crippen LogP contribution in [0.3, 0.4) is 0 Å². The Labute approximate surface area is 187 Å². The molecule has 0 heterocycles. The molecule has 0 spiro atoms. The Morgan fingerprint density at radius 2 is 0.774 bits per heavy atom. The molecular formula is C30H35N. The molecule has 0 radical (unpaired) electrons. The average Bonchev–Trinajstić information content (AvgIpc) is 3.03. The highest BCUT2D eigenvalue weighted by Crippen LogP contribution is 2.58. The minimum Gasteiger partial charge on any atom is -0.356 e. The van der Waals surface area contributed by atoms with E-state index in [1.807, 2.05) is 0 Å². The maximum Gasteiger partial charge on any atom is 0.0387 e. The number of hydrogen-bond donors (Lipinski definition) is 1. The van der Waals surface area contributed by atoms with E-state index >= 15 is 0 Å². The van der Waals surface area contributed by atoms with Gasteiger partial charge in [-0.15, -0.1) is 0 Å². The van der Waals surface area contributed by atoms with Crippen molar-refractivity contribution < 1.29 is 0 Å². The summed E-state index contributed by atoms with van der Waals surface area (Å²) >= 11 is 0. The number of nitrogens with one attached hydrogen (secondary N) is 1. The van der Waals surface area contributed by atoms with E-state index in [0.717, 1.165) is 47.3 Å². The van der Waals surface area contributed by atoms with Crippen molar-refractivity contribution in [3.63, 3.8) is 0 Å². The van der Waals surface area contributed by atoms with E-state index in [1.54, 1.807) is 22.3 Å². The Morgan fingerprint density at radius 3 is 1.16 bits per heavy atom. The van der Waals surface area contributed by atoms with Crippen LogP contribution >= 0.6 is 0 Å². The Balaban J connectivity index is 1.13. The Hall–Kier alpha value is -1.76. The van der Waals surface area contributed by atoms with Gasteiger partial charge in [0.2, 0.25) is 0 Å². The SMILES string of the molecule is c1cc2c(cc1Nc1ccc3c(c1)C1CC4CC(CC3C4)C1)C1CC3CC(CC2C3)C1. The van der Waals surface area contributed by atoms with E-state index in [4.69, 9.17) is 0 Å². The van der Waals surface area contributed by atoms with Crippen LogP contribution in [0.4, 0.5) is 11.4 Å². The van der Waals surface area contributed by atoms with Gasteiger partial charge in [-0.1, -0.05) is 12.1 Å². The molecule has 1 N–H and O–H groups in total. The van der Waals surface area contributed by atoms with Gasteiger partial charge in [-0.2, -0.15) is 0 Å². The molecule has 0 aliphatic heterocycles. The molecule has 8 bridgehead atoms. The zero-order valence-electron chi connectivity index (χ0n) is 18.7. The molecule has 160 valence electrons. The van der Waals surface area contributed by atoms with Gasteiger partial charge in [0.15, 0.2) is 0 Å². The molecule has 2 aromatic rings. The van der Waals surface area contributed by atoms with Crippen LogP contribution in [0.5, 0.6) is 0 Å². The molecule has 2 aromatic carbocycles. The van der Waals surface area contributed by atoms with Crippen molar-refractivity contribution in [3.8, 4) is 0 Å². The van der Waals surface area contributed by atoms with Crippen molar-refractivity contribution in [1.82, 2.24) is 0 Å². The predicted molar refractivity (Wildman–Crippen MR) is 127 cm³/mol. The van der Waals surface area contributed by atoms with Crippen LogP contribution in [-0.4, -0.2) is 0 Å². The summed E-state index contributed by atoms with van der Waals surface area (Å²) in [4.78, 5) is 0. The second-order valence-corrected chi connectivity index (χ2v) is 12.4. The lowest BCUT2D eigenvalue weighted by molar-refractivity contribution is 0.165. The highest BCUT2D eigenvalue weighted by atomic mass is 14.9. The minimum absolute atomic E-state index is 0.825. The Bertz CT molecular complexity index is 941. The third-order valence-corrected chi connectivity index (χ3v) is 10.5. The Kier molecular flexibility index (Phi) is 3.66. The van der Waals surface area contributed by atoms with Crippen molar-refractivity contribution in [2.24, 2.45) is 23.7 Å². The summed E-state index contributed by atoms with van der Waals surface area (Å²) in [7, 11) is 0. The molecule has 8 aliphatic carbocycles. The molecule has 4 fully saturated rings. The van der Waals surface area contributed by atoms with Crippen molar-refractivity contribution in [1.29, 1.82) is 0 Å². The second-order valence-electron chi connectivity index (χ2n) is 12.4. The van der Waals surface area contributed by atoms with Crippen LogP contribution in [0.15, 0.2) is 36.4 Å². The maximum atomic E-state index is 3.85. The molecule has 0 saturated heterocycles. The first-order valence-electron chi connectivity index (χ1n) is 13.3. The van der Waals surface area contributed by atoms with Crippen molar-refractivity contribution in [2.45, 2.75) is 87.9 Å². The lowest BCUT2D eigenvalue weighted by Crippen LogP contribution is -2.25. The lowest BCUT2D eigenvalue weighted by Gasteiger charge is -2.38. The first-order valence-corrected chi connectivity index (χ1v) is 13.3. The van der Waals surface area contributed by atoms with Crippen LogP contribution in [-0.2, 0) is 0 Å². The smallest absolute Gasteiger partial charge is 0.0387 e. The molecule has 0 aromatic heterocycles. The largest absolute Gasteiger partial charge is 0.356 e. The van der Waals surface area contributed by atoms with E-state index in [9.17, 15) is 0 Å². The van der Waals surface area contributed by atoms with Gasteiger partial charge in [0, 0.05) is 11.4 Å². The molecule has 1 heteroatoms. The first-order chi connectivity index (χ1) is 15.2. The van der Waals surface area contributed by atoms with E-state index in [0.29, 0.717) is 0 Å². The van der Waals surface area contributed by atoms with Crippen LogP contribution in [0, 0.1) is 23.7 Å². The van der Waals surface area contributed by atoms with Gasteiger partial charge < -0.3 is 5.32 Å². The lowest BCUT2D eigenvalue weighted by atomic mass is 9.67. The molecule has 8 aliphatic rings. The summed E-state index contributed by atoms with van der Waals surface area (Å²) in [6, 6.07) is 14.8. The van der Waals surface area contributed by atoms with Crippen LogP contribution in [0.2, 0.25) is 0 Å². The summed E-state index contributed by atoms with van der Waals surface area (Å²) in [5.41, 5.74) is 9.44. The van der Waals surface area contributed by atoms with E-state index in [-0.39, 0.29) is 0 Å². The number of anilines is 2. The molecule has 10 rings (SSSR count). The molecule has 1 nitrogen and oxygen atoms in total. The summed E-state index contributed by atoms with van der Waals surface area (Å²) in [5, 5.41) is 3.85. The zero-order valence-corrected chi connectivity index (χ0v) is 18.7. The third-order valence-electron chi connectivity index (χ3n) is 10.5. The highest BCUT2D eigenvalue weighted by Gasteiger charge is 2.43. The predicted octanol–water partition coefficient (Wildman–Crippen LogP) is 8.21. The maximum absolute atomic E-state index is 3.85. The first kappa shape index (κ1) is 17.8. The van der Waals surface area contributed by atoms with Gasteiger partial charge >= 0.3 is 0 Å². The molecule has 4 atom stereocenters. The molecule has 31 heavy (non-hydrogen) atoms. The quantitative estimate of drug-likeness (QED) is 0.527. The van der Waals surface area contributed by atoms with Gasteiger partial charge in [-0.25, -0.2) is 0 Å². The standard InChI is InChI=1S/C30H35N/c1-3-27-21-7-17-5-18(8-21)12-23(11-17)29(27)15-25(1)31-26-2-4-28-22-9-19-6-20(10-22)14-24(13-19)30(28)16-26/h1-4,15-24,31H,5-14H2. The van der Waals surface area contributed by atoms with Crippen LogP contribution < -0.4 is 5.32 Å². The van der Waals surface area contributed by atoms with Gasteiger partial charge in [0.1, 0.15) is 0 Å². The van der Waals surface area contributed by atoms with E-state index < -0.39 is 0 Å². The average molecular weight is 410 g/mol. The molecular weight excluding hydrogens is 374 g/mol. The van der Waals surface area contributed by atoms with Crippen molar-refractivity contribution in [2.75, 3.05) is 5.32 Å². The van der Waals surface area contributed by atoms with Gasteiger partial charge in [0.05, 0.1) is 0 Å². The fourth-order valence-electron chi connectivity index (χ4n) is 9.64. The van der Waals surface area contributed by atoms with E-state index in [2.05, 4.69) is 41.7 Å². The van der Waals surface area contributed by atoms with Gasteiger partial charge in [0.25, 0.3) is 0 Å². The fourth-order valence-corrected chi connectivity index (χ4v) is 9.64. The number of hydrogen-bond acceptors (Lipinski definition) is 1. The van der Waals surface area contributed by atoms with Gasteiger partial charge in [-0.3, -0.25) is 0 Å². The monoisotopic (exact) mass is 409 g/mol. The van der Waals surface area contributed by atoms with Crippen molar-refractivity contribution in [3.05, 3.63) is 58.7 Å². The second kappa shape index (κ2) is 6.40. The summed E-state index contributed by atoms with van der Waals surface area (Å²) in [6.07, 6.45) is 14.7. The molecule has 4 saturated carbocycles. The Morgan fingerprint density at radius 1 is 0.419 bits per heavy atom. The zero-order chi connectivity index (χ0) is 20.1. The number of rotatable bonds is 2. The normalized spacial score (nSPS) is 40.9. The summed E-state index contributed by atoms with van der Waals surface area (Å²) in [6.45, 7) is 0. The van der Waals surface area contributed by atoms with Crippen molar-refractivity contribution >= 4 is 11.4 Å². The summed E-state index contributed by atoms with van der Waals surface area (Å²) in [5.74, 6) is 7.35. The highest BCUT2D eigenvalue weighted by molar-refractivity contribution is 5.64. The van der Waals surface area contributed by atoms with Crippen LogP contribution in [0.1, 0.15) is 110 Å². The minimum atomic E-state index is 0.825. The van der Waals surface area contributed by atoms with Crippen LogP contribution in [0.25, 0.3) is 0 Å². The van der Waals surface area contributed by atoms with Gasteiger partial charge in [-0.05, 0) is 158 Å². The topological polar surface area (TPSA) is 12.0 Å². The fraction of sp³-hybridized carbons (Fsp3) is 0.600.